The lowest BCUT2D eigenvalue weighted by Crippen LogP contribution is -2.37. The van der Waals surface area contributed by atoms with E-state index >= 15 is 0 Å². The molecule has 1 aliphatic heterocycles. The average molecular weight is 400 g/mol. The fraction of sp³-hybridized carbons (Fsp3) is 0.421. The van der Waals surface area contributed by atoms with Gasteiger partial charge in [-0.3, -0.25) is 4.90 Å². The van der Waals surface area contributed by atoms with Gasteiger partial charge < -0.3 is 21.1 Å². The van der Waals surface area contributed by atoms with E-state index in [0.29, 0.717) is 17.3 Å². The Bertz CT molecular complexity index is 939. The number of nitrogens with one attached hydrogen (secondary N) is 2. The summed E-state index contributed by atoms with van der Waals surface area (Å²) < 4.78 is 6.51. The summed E-state index contributed by atoms with van der Waals surface area (Å²) in [6.45, 7) is 7.57. The number of rotatable bonds is 7. The Morgan fingerprint density at radius 3 is 2.86 bits per heavy atom. The van der Waals surface area contributed by atoms with Gasteiger partial charge in [-0.1, -0.05) is 23.5 Å². The van der Waals surface area contributed by atoms with E-state index in [1.54, 1.807) is 11.3 Å². The van der Waals surface area contributed by atoms with Crippen molar-refractivity contribution >= 4 is 44.0 Å². The van der Waals surface area contributed by atoms with Gasteiger partial charge in [0.05, 0.1) is 23.4 Å². The van der Waals surface area contributed by atoms with E-state index in [1.807, 2.05) is 6.07 Å². The molecule has 148 valence electrons. The first-order valence-electron chi connectivity index (χ1n) is 9.48. The predicted octanol–water partition coefficient (Wildman–Crippen LogP) is 2.85. The fourth-order valence-corrected chi connectivity index (χ4v) is 4.15. The van der Waals surface area contributed by atoms with Crippen molar-refractivity contribution in [3.05, 3.63) is 30.1 Å². The Morgan fingerprint density at radius 1 is 1.21 bits per heavy atom. The second kappa shape index (κ2) is 8.68. The highest BCUT2D eigenvalue weighted by atomic mass is 32.1. The first-order chi connectivity index (χ1) is 13.7. The van der Waals surface area contributed by atoms with Crippen LogP contribution in [0.25, 0.3) is 10.2 Å². The number of fused-ring (bicyclic) bond motifs is 1. The van der Waals surface area contributed by atoms with Gasteiger partial charge >= 0.3 is 0 Å². The molecule has 2 aromatic heterocycles. The van der Waals surface area contributed by atoms with Crippen LogP contribution in [0.2, 0.25) is 0 Å². The number of morpholine rings is 1. The summed E-state index contributed by atoms with van der Waals surface area (Å²) in [6.07, 6.45) is 2.53. The zero-order valence-corrected chi connectivity index (χ0v) is 16.8. The number of nitrogens with zero attached hydrogens (tertiary/aromatic N) is 4. The summed E-state index contributed by atoms with van der Waals surface area (Å²) in [5, 5.41) is 7.34. The second-order valence-electron chi connectivity index (χ2n) is 6.78. The van der Waals surface area contributed by atoms with E-state index in [9.17, 15) is 0 Å². The molecule has 8 nitrogen and oxygen atoms in total. The molecule has 1 aliphatic rings. The molecule has 0 amide bonds. The molecule has 1 aromatic carbocycles. The normalized spacial score (nSPS) is 15.0. The highest BCUT2D eigenvalue weighted by molar-refractivity contribution is 7.22. The van der Waals surface area contributed by atoms with Crippen LogP contribution in [0.5, 0.6) is 0 Å². The van der Waals surface area contributed by atoms with Crippen molar-refractivity contribution < 1.29 is 4.74 Å². The molecule has 1 fully saturated rings. The molecule has 4 N–H and O–H groups in total. The van der Waals surface area contributed by atoms with Crippen LogP contribution in [0, 0.1) is 6.92 Å². The van der Waals surface area contributed by atoms with E-state index in [2.05, 4.69) is 49.5 Å². The molecule has 0 unspecified atom stereocenters. The van der Waals surface area contributed by atoms with Crippen LogP contribution in [0.3, 0.4) is 0 Å². The number of para-hydroxylation sites is 1. The third-order valence-corrected chi connectivity index (χ3v) is 5.71. The largest absolute Gasteiger partial charge is 0.393 e. The second-order valence-corrected chi connectivity index (χ2v) is 7.82. The topological polar surface area (TPSA) is 101 Å². The minimum Gasteiger partial charge on any atom is -0.393 e. The van der Waals surface area contributed by atoms with Gasteiger partial charge in [-0.15, -0.1) is 0 Å². The summed E-state index contributed by atoms with van der Waals surface area (Å²) in [6, 6.07) is 6.16. The summed E-state index contributed by atoms with van der Waals surface area (Å²) in [7, 11) is 0. The minimum atomic E-state index is 0.504. The molecule has 3 aromatic rings. The molecule has 1 saturated heterocycles. The first-order valence-corrected chi connectivity index (χ1v) is 10.3. The van der Waals surface area contributed by atoms with Crippen LogP contribution < -0.4 is 16.4 Å². The maximum atomic E-state index is 6.28. The Kier molecular flexibility index (Phi) is 5.84. The van der Waals surface area contributed by atoms with Crippen LogP contribution in [-0.4, -0.2) is 59.2 Å². The number of hydrogen-bond acceptors (Lipinski definition) is 9. The Hall–Kier alpha value is -2.49. The fourth-order valence-electron chi connectivity index (χ4n) is 3.21. The quantitative estimate of drug-likeness (QED) is 0.522. The number of thiazole rings is 1. The predicted molar refractivity (Wildman–Crippen MR) is 114 cm³/mol. The number of nitrogens with two attached hydrogens (primary N) is 1. The van der Waals surface area contributed by atoms with Crippen LogP contribution >= 0.6 is 11.3 Å². The Balaban J connectivity index is 1.37. The summed E-state index contributed by atoms with van der Waals surface area (Å²) in [5.41, 5.74) is 8.94. The van der Waals surface area contributed by atoms with Crippen LogP contribution in [0.1, 0.15) is 12.0 Å². The Morgan fingerprint density at radius 2 is 2.04 bits per heavy atom. The van der Waals surface area contributed by atoms with Gasteiger partial charge in [0.2, 0.25) is 0 Å². The maximum absolute atomic E-state index is 6.28. The van der Waals surface area contributed by atoms with Gasteiger partial charge in [-0.05, 0) is 31.5 Å². The number of ether oxygens (including phenoxy) is 1. The highest BCUT2D eigenvalue weighted by Crippen LogP contribution is 2.32. The number of aromatic nitrogens is 3. The van der Waals surface area contributed by atoms with Gasteiger partial charge in [0.15, 0.2) is 16.8 Å². The maximum Gasteiger partial charge on any atom is 0.189 e. The first kappa shape index (κ1) is 18.9. The van der Waals surface area contributed by atoms with Crippen molar-refractivity contribution in [2.45, 2.75) is 13.3 Å². The molecule has 0 atom stereocenters. The number of nitrogen functional groups attached to an aromatic ring is 1. The van der Waals surface area contributed by atoms with E-state index < -0.39 is 0 Å². The smallest absolute Gasteiger partial charge is 0.189 e. The van der Waals surface area contributed by atoms with Gasteiger partial charge in [0, 0.05) is 19.6 Å². The zero-order chi connectivity index (χ0) is 19.3. The number of hydrogen-bond donors (Lipinski definition) is 3. The highest BCUT2D eigenvalue weighted by Gasteiger charge is 2.12. The third kappa shape index (κ3) is 4.32. The number of aryl methyl sites for hydroxylation is 1. The lowest BCUT2D eigenvalue weighted by molar-refractivity contribution is 0.0378. The molecule has 0 aliphatic carbocycles. The monoisotopic (exact) mass is 399 g/mol. The number of benzene rings is 1. The van der Waals surface area contributed by atoms with Gasteiger partial charge in [-0.2, -0.15) is 0 Å². The van der Waals surface area contributed by atoms with Crippen LogP contribution in [-0.2, 0) is 4.74 Å². The van der Waals surface area contributed by atoms with E-state index in [4.69, 9.17) is 10.5 Å². The molecule has 0 bridgehead atoms. The van der Waals surface area contributed by atoms with E-state index in [-0.39, 0.29) is 0 Å². The molecule has 4 rings (SSSR count). The van der Waals surface area contributed by atoms with Crippen molar-refractivity contribution in [1.29, 1.82) is 0 Å². The van der Waals surface area contributed by atoms with Crippen molar-refractivity contribution in [3.8, 4) is 0 Å². The van der Waals surface area contributed by atoms with Crippen molar-refractivity contribution in [1.82, 2.24) is 19.9 Å². The molecule has 28 heavy (non-hydrogen) atoms. The van der Waals surface area contributed by atoms with Crippen LogP contribution in [0.15, 0.2) is 24.5 Å². The molecule has 0 radical (unpaired) electrons. The van der Waals surface area contributed by atoms with Gasteiger partial charge in [0.25, 0.3) is 0 Å². The van der Waals surface area contributed by atoms with Gasteiger partial charge in [-0.25, -0.2) is 15.0 Å². The zero-order valence-electron chi connectivity index (χ0n) is 15.9. The standard InChI is InChI=1S/C19H25N7OS/c1-13-4-2-5-14-16(13)24-19(28-14)25-18-15(20)17(22-12-23-18)21-6-3-7-26-8-10-27-11-9-26/h2,4-5,12H,3,6-11,20H2,1H3,(H2,21,22,23,24,25). The average Bonchev–Trinajstić information content (AvgIpc) is 3.13. The molecule has 9 heteroatoms. The summed E-state index contributed by atoms with van der Waals surface area (Å²) in [4.78, 5) is 15.6. The molecule has 0 saturated carbocycles. The van der Waals surface area contributed by atoms with Crippen LogP contribution in [0.4, 0.5) is 22.5 Å². The molecular weight excluding hydrogens is 374 g/mol. The van der Waals surface area contributed by atoms with E-state index in [0.717, 1.165) is 66.7 Å². The third-order valence-electron chi connectivity index (χ3n) is 4.78. The van der Waals surface area contributed by atoms with Crippen molar-refractivity contribution in [2.75, 3.05) is 55.8 Å². The van der Waals surface area contributed by atoms with E-state index in [1.165, 1.54) is 6.33 Å². The Labute approximate surface area is 168 Å². The van der Waals surface area contributed by atoms with Crippen molar-refractivity contribution in [3.63, 3.8) is 0 Å². The molecule has 0 spiro atoms. The SMILES string of the molecule is Cc1cccc2sc(Nc3ncnc(NCCCN4CCOCC4)c3N)nc12. The number of anilines is 4. The van der Waals surface area contributed by atoms with Crippen molar-refractivity contribution in [2.24, 2.45) is 0 Å². The summed E-state index contributed by atoms with van der Waals surface area (Å²) >= 11 is 1.58. The summed E-state index contributed by atoms with van der Waals surface area (Å²) in [5.74, 6) is 1.22. The lowest BCUT2D eigenvalue weighted by Gasteiger charge is -2.26. The molecular formula is C19H25N7OS. The lowest BCUT2D eigenvalue weighted by atomic mass is 10.2. The molecule has 3 heterocycles. The van der Waals surface area contributed by atoms with Gasteiger partial charge in [0.1, 0.15) is 12.0 Å². The minimum absolute atomic E-state index is 0.504.